The van der Waals surface area contributed by atoms with Crippen LogP contribution in [0.15, 0.2) is 36.4 Å². The summed E-state index contributed by atoms with van der Waals surface area (Å²) in [6.07, 6.45) is 4.16. The molecule has 1 rings (SSSR count). The maximum absolute atomic E-state index is 12.3. The molecule has 1 amide bonds. The molecule has 0 aliphatic rings. The predicted octanol–water partition coefficient (Wildman–Crippen LogP) is 4.90. The van der Waals surface area contributed by atoms with Gasteiger partial charge in [0.05, 0.1) is 5.38 Å². The number of rotatable bonds is 7. The van der Waals surface area contributed by atoms with Gasteiger partial charge in [-0.2, -0.15) is 0 Å². The average molecular weight is 328 g/mol. The van der Waals surface area contributed by atoms with Crippen LogP contribution in [0.5, 0.6) is 0 Å². The predicted molar refractivity (Wildman–Crippen MR) is 90.8 cm³/mol. The fraction of sp³-hybridized carbons (Fsp3) is 0.471. The van der Waals surface area contributed by atoms with Gasteiger partial charge in [-0.05, 0) is 30.0 Å². The Morgan fingerprint density at radius 2 is 1.90 bits per heavy atom. The topological polar surface area (TPSA) is 20.3 Å². The van der Waals surface area contributed by atoms with Crippen molar-refractivity contribution in [2.24, 2.45) is 5.92 Å². The third-order valence-electron chi connectivity index (χ3n) is 3.02. The van der Waals surface area contributed by atoms with Crippen LogP contribution in [0.2, 0.25) is 5.02 Å². The molecule has 0 aliphatic carbocycles. The number of carbonyl (C=O) groups is 1. The van der Waals surface area contributed by atoms with Crippen LogP contribution in [0.4, 0.5) is 0 Å². The number of amides is 1. The van der Waals surface area contributed by atoms with Gasteiger partial charge >= 0.3 is 0 Å². The second-order valence-corrected chi connectivity index (χ2v) is 6.52. The summed E-state index contributed by atoms with van der Waals surface area (Å²) in [5, 5.41) is 0.610. The van der Waals surface area contributed by atoms with Gasteiger partial charge in [0.1, 0.15) is 0 Å². The van der Waals surface area contributed by atoms with E-state index in [-0.39, 0.29) is 11.3 Å². The summed E-state index contributed by atoms with van der Waals surface area (Å²) in [7, 11) is 0. The van der Waals surface area contributed by atoms with Gasteiger partial charge < -0.3 is 4.90 Å². The van der Waals surface area contributed by atoms with E-state index < -0.39 is 0 Å². The molecule has 0 heterocycles. The molecule has 0 fully saturated rings. The van der Waals surface area contributed by atoms with Crippen molar-refractivity contribution < 1.29 is 4.79 Å². The van der Waals surface area contributed by atoms with Crippen molar-refractivity contribution in [2.75, 3.05) is 6.54 Å². The molecule has 0 bridgehead atoms. The Morgan fingerprint density at radius 3 is 2.43 bits per heavy atom. The first-order valence-corrected chi connectivity index (χ1v) is 8.09. The first kappa shape index (κ1) is 18.1. The number of carbonyl (C=O) groups excluding carboxylic acids is 1. The lowest BCUT2D eigenvalue weighted by Crippen LogP contribution is -2.32. The van der Waals surface area contributed by atoms with E-state index in [2.05, 4.69) is 13.8 Å². The summed E-state index contributed by atoms with van der Waals surface area (Å²) in [6, 6.07) is 7.58. The zero-order valence-electron chi connectivity index (χ0n) is 12.9. The monoisotopic (exact) mass is 327 g/mol. The lowest BCUT2D eigenvalue weighted by molar-refractivity contribution is -0.127. The van der Waals surface area contributed by atoms with Gasteiger partial charge in [0.25, 0.3) is 0 Å². The van der Waals surface area contributed by atoms with Gasteiger partial charge in [0.2, 0.25) is 5.91 Å². The number of halogens is 2. The highest BCUT2D eigenvalue weighted by Crippen LogP contribution is 2.13. The van der Waals surface area contributed by atoms with Crippen LogP contribution >= 0.6 is 23.2 Å². The minimum Gasteiger partial charge on any atom is -0.335 e. The van der Waals surface area contributed by atoms with Crippen molar-refractivity contribution in [1.29, 1.82) is 0 Å². The summed E-state index contributed by atoms with van der Waals surface area (Å²) in [4.78, 5) is 14.2. The van der Waals surface area contributed by atoms with Crippen molar-refractivity contribution in [3.63, 3.8) is 0 Å². The van der Waals surface area contributed by atoms with E-state index >= 15 is 0 Å². The van der Waals surface area contributed by atoms with E-state index in [1.807, 2.05) is 36.1 Å². The lowest BCUT2D eigenvalue weighted by atomic mass is 10.1. The Morgan fingerprint density at radius 1 is 1.29 bits per heavy atom. The standard InChI is InChI=1S/C17H23Cl2NO/c1-4-15(18)9-10-17(21)20(11-13(2)3)12-14-5-7-16(19)8-6-14/h5-10,13,15H,4,11-12H2,1-3H3/b10-9+. The van der Waals surface area contributed by atoms with E-state index in [4.69, 9.17) is 23.2 Å². The normalized spacial score (nSPS) is 12.9. The zero-order chi connectivity index (χ0) is 15.8. The lowest BCUT2D eigenvalue weighted by Gasteiger charge is -2.23. The van der Waals surface area contributed by atoms with Gasteiger partial charge in [0.15, 0.2) is 0 Å². The van der Waals surface area contributed by atoms with Crippen LogP contribution in [-0.4, -0.2) is 22.7 Å². The molecule has 2 nitrogen and oxygen atoms in total. The highest BCUT2D eigenvalue weighted by molar-refractivity contribution is 6.30. The molecule has 0 spiro atoms. The highest BCUT2D eigenvalue weighted by Gasteiger charge is 2.13. The number of allylic oxidation sites excluding steroid dienone is 1. The maximum Gasteiger partial charge on any atom is 0.246 e. The van der Waals surface area contributed by atoms with Crippen LogP contribution in [0.25, 0.3) is 0 Å². The molecule has 0 saturated heterocycles. The zero-order valence-corrected chi connectivity index (χ0v) is 14.4. The summed E-state index contributed by atoms with van der Waals surface area (Å²) in [5.41, 5.74) is 1.07. The van der Waals surface area contributed by atoms with Crippen molar-refractivity contribution >= 4 is 29.1 Å². The van der Waals surface area contributed by atoms with Crippen LogP contribution in [-0.2, 0) is 11.3 Å². The van der Waals surface area contributed by atoms with Gasteiger partial charge in [-0.3, -0.25) is 4.79 Å². The fourth-order valence-electron chi connectivity index (χ4n) is 1.91. The molecule has 0 radical (unpaired) electrons. The minimum atomic E-state index is -0.0922. The van der Waals surface area contributed by atoms with E-state index in [1.54, 1.807) is 12.2 Å². The van der Waals surface area contributed by atoms with Crippen molar-refractivity contribution in [3.8, 4) is 0 Å². The molecule has 1 unspecified atom stereocenters. The third-order valence-corrected chi connectivity index (χ3v) is 3.73. The minimum absolute atomic E-state index is 0.00208. The molecule has 0 aromatic heterocycles. The molecule has 0 saturated carbocycles. The molecular formula is C17H23Cl2NO. The number of alkyl halides is 1. The summed E-state index contributed by atoms with van der Waals surface area (Å²) in [6.45, 7) is 7.49. The Balaban J connectivity index is 2.77. The number of benzene rings is 1. The van der Waals surface area contributed by atoms with Crippen LogP contribution in [0.3, 0.4) is 0 Å². The SMILES string of the molecule is CCC(Cl)/C=C/C(=O)N(Cc1ccc(Cl)cc1)CC(C)C. The smallest absolute Gasteiger partial charge is 0.246 e. The van der Waals surface area contributed by atoms with E-state index in [0.717, 1.165) is 12.0 Å². The second-order valence-electron chi connectivity index (χ2n) is 5.52. The van der Waals surface area contributed by atoms with Crippen molar-refractivity contribution in [1.82, 2.24) is 4.90 Å². The van der Waals surface area contributed by atoms with Crippen LogP contribution < -0.4 is 0 Å². The van der Waals surface area contributed by atoms with Crippen molar-refractivity contribution in [3.05, 3.63) is 47.0 Å². The fourth-order valence-corrected chi connectivity index (χ4v) is 2.11. The molecular weight excluding hydrogens is 305 g/mol. The van der Waals surface area contributed by atoms with Gasteiger partial charge in [-0.15, -0.1) is 11.6 Å². The quantitative estimate of drug-likeness (QED) is 0.515. The molecule has 0 aliphatic heterocycles. The maximum atomic E-state index is 12.3. The molecule has 1 aromatic rings. The van der Waals surface area contributed by atoms with Gasteiger partial charge in [0, 0.05) is 24.2 Å². The van der Waals surface area contributed by atoms with Crippen LogP contribution in [0.1, 0.15) is 32.8 Å². The molecule has 1 aromatic carbocycles. The van der Waals surface area contributed by atoms with E-state index in [9.17, 15) is 4.79 Å². The van der Waals surface area contributed by atoms with E-state index in [0.29, 0.717) is 24.0 Å². The molecule has 21 heavy (non-hydrogen) atoms. The molecule has 116 valence electrons. The molecule has 0 N–H and O–H groups in total. The van der Waals surface area contributed by atoms with E-state index in [1.165, 1.54) is 0 Å². The summed E-state index contributed by atoms with van der Waals surface area (Å²) < 4.78 is 0. The Kier molecular flexibility index (Phi) is 7.84. The number of hydrogen-bond donors (Lipinski definition) is 0. The molecule has 1 atom stereocenters. The largest absolute Gasteiger partial charge is 0.335 e. The molecule has 4 heteroatoms. The number of hydrogen-bond acceptors (Lipinski definition) is 1. The Bertz CT molecular complexity index is 468. The van der Waals surface area contributed by atoms with Crippen LogP contribution in [0, 0.1) is 5.92 Å². The first-order valence-electron chi connectivity index (χ1n) is 7.28. The summed E-state index contributed by atoms with van der Waals surface area (Å²) in [5.74, 6) is 0.408. The Hall–Kier alpha value is -0.990. The number of nitrogens with zero attached hydrogens (tertiary/aromatic N) is 1. The highest BCUT2D eigenvalue weighted by atomic mass is 35.5. The Labute approximate surface area is 137 Å². The first-order chi connectivity index (χ1) is 9.92. The van der Waals surface area contributed by atoms with Crippen molar-refractivity contribution in [2.45, 2.75) is 39.1 Å². The third kappa shape index (κ3) is 7.01. The van der Waals surface area contributed by atoms with Gasteiger partial charge in [-0.25, -0.2) is 0 Å². The van der Waals surface area contributed by atoms with Gasteiger partial charge in [-0.1, -0.05) is 50.6 Å². The average Bonchev–Trinajstić information content (AvgIpc) is 2.45. The summed E-state index contributed by atoms with van der Waals surface area (Å²) >= 11 is 11.9. The second kappa shape index (κ2) is 9.11.